The molecule has 12 heteroatoms. The van der Waals surface area contributed by atoms with E-state index in [1.54, 1.807) is 24.3 Å². The summed E-state index contributed by atoms with van der Waals surface area (Å²) in [4.78, 5) is 5.68. The van der Waals surface area contributed by atoms with Crippen molar-refractivity contribution in [2.75, 3.05) is 13.1 Å². The average Bonchev–Trinajstić information content (AvgIpc) is 3.33. The number of hydrogen-bond acceptors (Lipinski definition) is 5. The Hall–Kier alpha value is -2.53. The van der Waals surface area contributed by atoms with E-state index in [0.717, 1.165) is 0 Å². The molecule has 3 aromatic heterocycles. The molecule has 4 heterocycles. The molecule has 1 aliphatic heterocycles. The second-order valence-electron chi connectivity index (χ2n) is 7.71. The molecule has 1 unspecified atom stereocenters. The Morgan fingerprint density at radius 3 is 2.52 bits per heavy atom. The number of benzene rings is 1. The maximum Gasteiger partial charge on any atom is 0.408 e. The standard InChI is InChI=1S/C21H18F4N6.2ClH/c22-15-3-1-2-12-4-6-16(27-18(12)15)20-29-28-17-7-5-13(10-31(17)20)19(21(23,24)25)30-9-8-14(26)11-30;;/h1-7,10,14,19H,8-9,11,26H2;2*1H/t14?,19-;;/m1../s1. The van der Waals surface area contributed by atoms with Gasteiger partial charge in [-0.15, -0.1) is 35.0 Å². The van der Waals surface area contributed by atoms with E-state index in [4.69, 9.17) is 5.73 Å². The van der Waals surface area contributed by atoms with Gasteiger partial charge in [-0.3, -0.25) is 9.30 Å². The zero-order valence-corrected chi connectivity index (χ0v) is 18.7. The number of fused-ring (bicyclic) bond motifs is 2. The van der Waals surface area contributed by atoms with Crippen LogP contribution < -0.4 is 5.73 Å². The molecule has 0 spiro atoms. The van der Waals surface area contributed by atoms with E-state index in [1.165, 1.54) is 33.7 Å². The zero-order chi connectivity index (χ0) is 21.8. The number of nitrogens with two attached hydrogens (primary N) is 1. The Morgan fingerprint density at radius 1 is 1.03 bits per heavy atom. The molecule has 0 bridgehead atoms. The first kappa shape index (κ1) is 25.1. The molecule has 0 aliphatic carbocycles. The Balaban J connectivity index is 0.00000153. The minimum absolute atomic E-state index is 0. The summed E-state index contributed by atoms with van der Waals surface area (Å²) in [7, 11) is 0. The van der Waals surface area contributed by atoms with Crippen molar-refractivity contribution in [2.24, 2.45) is 5.73 Å². The fraction of sp³-hybridized carbons (Fsp3) is 0.286. The van der Waals surface area contributed by atoms with Crippen molar-refractivity contribution < 1.29 is 17.6 Å². The highest BCUT2D eigenvalue weighted by atomic mass is 35.5. The first-order valence-corrected chi connectivity index (χ1v) is 9.78. The van der Waals surface area contributed by atoms with E-state index in [-0.39, 0.29) is 60.8 Å². The minimum atomic E-state index is -4.48. The number of hydrogen-bond donors (Lipinski definition) is 1. The van der Waals surface area contributed by atoms with Gasteiger partial charge in [-0.05, 0) is 30.2 Å². The molecule has 2 atom stereocenters. The molecular formula is C21H20Cl2F4N6. The van der Waals surface area contributed by atoms with Gasteiger partial charge in [-0.25, -0.2) is 9.37 Å². The molecule has 2 N–H and O–H groups in total. The van der Waals surface area contributed by atoms with Gasteiger partial charge in [0.2, 0.25) is 0 Å². The Kier molecular flexibility index (Phi) is 7.13. The molecule has 4 aromatic rings. The van der Waals surface area contributed by atoms with Crippen LogP contribution in [0.15, 0.2) is 48.7 Å². The normalized spacial score (nSPS) is 17.7. The molecule has 1 aromatic carbocycles. The summed E-state index contributed by atoms with van der Waals surface area (Å²) in [6, 6.07) is 8.77. The van der Waals surface area contributed by atoms with Crippen molar-refractivity contribution in [2.45, 2.75) is 24.7 Å². The summed E-state index contributed by atoms with van der Waals surface area (Å²) in [5, 5.41) is 8.73. The van der Waals surface area contributed by atoms with Crippen molar-refractivity contribution in [1.82, 2.24) is 24.5 Å². The number of nitrogens with zero attached hydrogens (tertiary/aromatic N) is 5. The second kappa shape index (κ2) is 9.38. The van der Waals surface area contributed by atoms with Gasteiger partial charge in [0, 0.05) is 30.7 Å². The predicted octanol–water partition coefficient (Wildman–Crippen LogP) is 4.56. The smallest absolute Gasteiger partial charge is 0.326 e. The van der Waals surface area contributed by atoms with Crippen LogP contribution in [0.2, 0.25) is 0 Å². The molecule has 176 valence electrons. The zero-order valence-electron chi connectivity index (χ0n) is 17.0. The van der Waals surface area contributed by atoms with Crippen LogP contribution in [0.3, 0.4) is 0 Å². The summed E-state index contributed by atoms with van der Waals surface area (Å²) < 4.78 is 57.6. The topological polar surface area (TPSA) is 72.3 Å². The van der Waals surface area contributed by atoms with E-state index in [2.05, 4.69) is 15.2 Å². The summed E-state index contributed by atoms with van der Waals surface area (Å²) in [5.41, 5.74) is 6.74. The number of para-hydroxylation sites is 1. The third-order valence-electron chi connectivity index (χ3n) is 5.57. The van der Waals surface area contributed by atoms with Gasteiger partial charge < -0.3 is 5.73 Å². The summed E-state index contributed by atoms with van der Waals surface area (Å²) in [5.74, 6) is -0.252. The summed E-state index contributed by atoms with van der Waals surface area (Å²) in [6.07, 6.45) is -2.59. The van der Waals surface area contributed by atoms with E-state index in [9.17, 15) is 17.6 Å². The molecule has 1 aliphatic rings. The number of likely N-dealkylation sites (tertiary alicyclic amines) is 1. The third-order valence-corrected chi connectivity index (χ3v) is 5.57. The van der Waals surface area contributed by atoms with Gasteiger partial charge in [0.15, 0.2) is 11.5 Å². The highest BCUT2D eigenvalue weighted by Crippen LogP contribution is 2.39. The monoisotopic (exact) mass is 502 g/mol. The van der Waals surface area contributed by atoms with E-state index in [0.29, 0.717) is 23.1 Å². The fourth-order valence-electron chi connectivity index (χ4n) is 4.14. The lowest BCUT2D eigenvalue weighted by atomic mass is 10.1. The summed E-state index contributed by atoms with van der Waals surface area (Å²) >= 11 is 0. The number of halogens is 6. The van der Waals surface area contributed by atoms with Gasteiger partial charge in [0.25, 0.3) is 0 Å². The van der Waals surface area contributed by atoms with Gasteiger partial charge >= 0.3 is 6.18 Å². The predicted molar refractivity (Wildman–Crippen MR) is 121 cm³/mol. The SMILES string of the molecule is Cl.Cl.NC1CCN([C@H](c2ccc3nnc(-c4ccc5cccc(F)c5n4)n3c2)C(F)(F)F)C1. The second-order valence-corrected chi connectivity index (χ2v) is 7.71. The van der Waals surface area contributed by atoms with Crippen molar-refractivity contribution in [3.05, 3.63) is 60.0 Å². The number of alkyl halides is 3. The van der Waals surface area contributed by atoms with Crippen molar-refractivity contribution >= 4 is 41.4 Å². The van der Waals surface area contributed by atoms with Gasteiger partial charge in [-0.1, -0.05) is 24.3 Å². The minimum Gasteiger partial charge on any atom is -0.326 e. The van der Waals surface area contributed by atoms with Crippen molar-refractivity contribution in [3.8, 4) is 11.5 Å². The molecule has 0 radical (unpaired) electrons. The quantitative estimate of drug-likeness (QED) is 0.415. The lowest BCUT2D eigenvalue weighted by Crippen LogP contribution is -2.38. The van der Waals surface area contributed by atoms with Crippen LogP contribution in [-0.2, 0) is 0 Å². The van der Waals surface area contributed by atoms with Gasteiger partial charge in [-0.2, -0.15) is 13.2 Å². The largest absolute Gasteiger partial charge is 0.408 e. The van der Waals surface area contributed by atoms with Crippen molar-refractivity contribution in [3.63, 3.8) is 0 Å². The van der Waals surface area contributed by atoms with E-state index < -0.39 is 18.0 Å². The van der Waals surface area contributed by atoms with Crippen LogP contribution in [0.1, 0.15) is 18.0 Å². The molecule has 33 heavy (non-hydrogen) atoms. The van der Waals surface area contributed by atoms with Crippen LogP contribution in [-0.4, -0.2) is 49.8 Å². The summed E-state index contributed by atoms with van der Waals surface area (Å²) in [6.45, 7) is 0.437. The fourth-order valence-corrected chi connectivity index (χ4v) is 4.14. The van der Waals surface area contributed by atoms with Gasteiger partial charge in [0.1, 0.15) is 23.1 Å². The highest BCUT2D eigenvalue weighted by molar-refractivity contribution is 5.85. The van der Waals surface area contributed by atoms with Crippen molar-refractivity contribution in [1.29, 1.82) is 0 Å². The molecule has 5 rings (SSSR count). The lowest BCUT2D eigenvalue weighted by molar-refractivity contribution is -0.183. The van der Waals surface area contributed by atoms with Gasteiger partial charge in [0.05, 0.1) is 0 Å². The van der Waals surface area contributed by atoms with Crippen LogP contribution in [0.5, 0.6) is 0 Å². The molecular weight excluding hydrogens is 483 g/mol. The lowest BCUT2D eigenvalue weighted by Gasteiger charge is -2.30. The van der Waals surface area contributed by atoms with Crippen LogP contribution >= 0.6 is 24.8 Å². The molecule has 1 saturated heterocycles. The van der Waals surface area contributed by atoms with Crippen LogP contribution in [0.4, 0.5) is 17.6 Å². The highest BCUT2D eigenvalue weighted by Gasteiger charge is 2.46. The average molecular weight is 503 g/mol. The van der Waals surface area contributed by atoms with E-state index in [1.807, 2.05) is 0 Å². The first-order chi connectivity index (χ1) is 14.8. The third kappa shape index (κ3) is 4.61. The number of rotatable bonds is 3. The molecule has 0 saturated carbocycles. The Morgan fingerprint density at radius 2 is 1.82 bits per heavy atom. The number of pyridine rings is 2. The Bertz CT molecular complexity index is 1280. The van der Waals surface area contributed by atoms with E-state index >= 15 is 0 Å². The number of aromatic nitrogens is 4. The molecule has 1 fully saturated rings. The Labute approximate surface area is 198 Å². The van der Waals surface area contributed by atoms with Crippen LogP contribution in [0, 0.1) is 5.82 Å². The first-order valence-electron chi connectivity index (χ1n) is 9.78. The molecule has 0 amide bonds. The maximum atomic E-state index is 14.2. The van der Waals surface area contributed by atoms with Crippen LogP contribution in [0.25, 0.3) is 28.1 Å². The maximum absolute atomic E-state index is 14.2. The molecule has 6 nitrogen and oxygen atoms in total.